The second-order valence-corrected chi connectivity index (χ2v) is 7.07. The Labute approximate surface area is 147 Å². The number of carbonyl (C=O) groups is 1. The lowest BCUT2D eigenvalue weighted by Crippen LogP contribution is -2.38. The van der Waals surface area contributed by atoms with E-state index < -0.39 is 0 Å². The molecule has 0 fully saturated rings. The summed E-state index contributed by atoms with van der Waals surface area (Å²) in [7, 11) is 1.93. The lowest BCUT2D eigenvalue weighted by atomic mass is 9.96. The Morgan fingerprint density at radius 2 is 2.04 bits per heavy atom. The van der Waals surface area contributed by atoms with Crippen LogP contribution in [0.1, 0.15) is 41.1 Å². The van der Waals surface area contributed by atoms with Crippen molar-refractivity contribution in [2.45, 2.75) is 39.7 Å². The SMILES string of the molecule is Cc1nn(C)c(C)c1C(C)C(=O)N1CCc2[nH]c3ccccc3c2C1. The van der Waals surface area contributed by atoms with E-state index in [2.05, 4.69) is 28.3 Å². The minimum absolute atomic E-state index is 0.166. The van der Waals surface area contributed by atoms with Crippen LogP contribution in [0.5, 0.6) is 0 Å². The zero-order valence-electron chi connectivity index (χ0n) is 15.3. The molecule has 4 rings (SSSR count). The lowest BCUT2D eigenvalue weighted by molar-refractivity contribution is -0.133. The van der Waals surface area contributed by atoms with Crippen LogP contribution in [0.25, 0.3) is 10.9 Å². The molecule has 0 aliphatic carbocycles. The van der Waals surface area contributed by atoms with Gasteiger partial charge in [-0.15, -0.1) is 0 Å². The molecule has 3 aromatic rings. The number of hydrogen-bond donors (Lipinski definition) is 1. The first-order valence-corrected chi connectivity index (χ1v) is 8.84. The highest BCUT2D eigenvalue weighted by atomic mass is 16.2. The molecule has 0 spiro atoms. The van der Waals surface area contributed by atoms with Crippen LogP contribution < -0.4 is 0 Å². The summed E-state index contributed by atoms with van der Waals surface area (Å²) in [6.07, 6.45) is 0.882. The Bertz CT molecular complexity index is 966. The van der Waals surface area contributed by atoms with Crippen molar-refractivity contribution in [1.82, 2.24) is 19.7 Å². The molecule has 1 amide bonds. The summed E-state index contributed by atoms with van der Waals surface area (Å²) in [4.78, 5) is 18.7. The van der Waals surface area contributed by atoms with E-state index in [-0.39, 0.29) is 11.8 Å². The van der Waals surface area contributed by atoms with Gasteiger partial charge in [-0.1, -0.05) is 18.2 Å². The van der Waals surface area contributed by atoms with Gasteiger partial charge in [-0.2, -0.15) is 5.10 Å². The highest BCUT2D eigenvalue weighted by Gasteiger charge is 2.30. The molecule has 1 N–H and O–H groups in total. The molecule has 130 valence electrons. The molecule has 5 heteroatoms. The first-order valence-electron chi connectivity index (χ1n) is 8.84. The van der Waals surface area contributed by atoms with Crippen LogP contribution in [0.3, 0.4) is 0 Å². The van der Waals surface area contributed by atoms with E-state index in [9.17, 15) is 4.79 Å². The van der Waals surface area contributed by atoms with Crippen LogP contribution in [-0.4, -0.2) is 32.1 Å². The first-order chi connectivity index (χ1) is 12.0. The maximum Gasteiger partial charge on any atom is 0.230 e. The Hall–Kier alpha value is -2.56. The molecule has 2 aromatic heterocycles. The predicted molar refractivity (Wildman–Crippen MR) is 98.5 cm³/mol. The van der Waals surface area contributed by atoms with E-state index in [1.165, 1.54) is 16.6 Å². The molecule has 1 aromatic carbocycles. The van der Waals surface area contributed by atoms with Gasteiger partial charge in [0.05, 0.1) is 11.6 Å². The maximum atomic E-state index is 13.2. The fourth-order valence-electron chi connectivity index (χ4n) is 4.17. The topological polar surface area (TPSA) is 53.9 Å². The fourth-order valence-corrected chi connectivity index (χ4v) is 4.17. The number of nitrogens with zero attached hydrogens (tertiary/aromatic N) is 3. The van der Waals surface area contributed by atoms with Crippen molar-refractivity contribution in [3.8, 4) is 0 Å². The molecule has 1 atom stereocenters. The van der Waals surface area contributed by atoms with E-state index in [1.807, 2.05) is 43.5 Å². The highest BCUT2D eigenvalue weighted by molar-refractivity contribution is 5.87. The second kappa shape index (κ2) is 5.76. The van der Waals surface area contributed by atoms with Crippen LogP contribution in [0.4, 0.5) is 0 Å². The van der Waals surface area contributed by atoms with E-state index in [4.69, 9.17) is 0 Å². The largest absolute Gasteiger partial charge is 0.358 e. The monoisotopic (exact) mass is 336 g/mol. The number of aromatic amines is 1. The molecule has 1 aliphatic rings. The summed E-state index contributed by atoms with van der Waals surface area (Å²) in [6, 6.07) is 8.34. The third-order valence-corrected chi connectivity index (χ3v) is 5.56. The summed E-state index contributed by atoms with van der Waals surface area (Å²) in [5.41, 5.74) is 6.79. The van der Waals surface area contributed by atoms with E-state index in [0.29, 0.717) is 6.54 Å². The number of aryl methyl sites for hydroxylation is 2. The quantitative estimate of drug-likeness (QED) is 0.781. The van der Waals surface area contributed by atoms with Gasteiger partial charge in [0.1, 0.15) is 0 Å². The maximum absolute atomic E-state index is 13.2. The van der Waals surface area contributed by atoms with Crippen molar-refractivity contribution < 1.29 is 4.79 Å². The summed E-state index contributed by atoms with van der Waals surface area (Å²) in [5, 5.41) is 5.70. The summed E-state index contributed by atoms with van der Waals surface area (Å²) in [6.45, 7) is 7.47. The molecule has 0 saturated carbocycles. The van der Waals surface area contributed by atoms with E-state index in [0.717, 1.165) is 35.4 Å². The van der Waals surface area contributed by atoms with Crippen LogP contribution in [0.15, 0.2) is 24.3 Å². The van der Waals surface area contributed by atoms with Gasteiger partial charge in [-0.05, 0) is 26.8 Å². The third kappa shape index (κ3) is 2.46. The number of aromatic nitrogens is 3. The van der Waals surface area contributed by atoms with Gasteiger partial charge in [0.15, 0.2) is 0 Å². The van der Waals surface area contributed by atoms with Crippen molar-refractivity contribution >= 4 is 16.8 Å². The number of rotatable bonds is 2. The molecule has 3 heterocycles. The van der Waals surface area contributed by atoms with Crippen LogP contribution in [0, 0.1) is 13.8 Å². The molecular weight excluding hydrogens is 312 g/mol. The number of amides is 1. The first kappa shape index (κ1) is 15.9. The number of carbonyl (C=O) groups excluding carboxylic acids is 1. The number of fused-ring (bicyclic) bond motifs is 3. The minimum atomic E-state index is -0.166. The average molecular weight is 336 g/mol. The van der Waals surface area contributed by atoms with Crippen LogP contribution >= 0.6 is 0 Å². The predicted octanol–water partition coefficient (Wildman–Crippen LogP) is 3.21. The number of para-hydroxylation sites is 1. The zero-order valence-corrected chi connectivity index (χ0v) is 15.3. The van der Waals surface area contributed by atoms with Gasteiger partial charge >= 0.3 is 0 Å². The number of hydrogen-bond acceptors (Lipinski definition) is 2. The second-order valence-electron chi connectivity index (χ2n) is 7.07. The van der Waals surface area contributed by atoms with Crippen molar-refractivity contribution in [3.05, 3.63) is 52.5 Å². The van der Waals surface area contributed by atoms with E-state index in [1.54, 1.807) is 0 Å². The summed E-state index contributed by atoms with van der Waals surface area (Å²) >= 11 is 0. The highest BCUT2D eigenvalue weighted by Crippen LogP contribution is 2.30. The number of benzene rings is 1. The minimum Gasteiger partial charge on any atom is -0.358 e. The Morgan fingerprint density at radius 1 is 1.28 bits per heavy atom. The Morgan fingerprint density at radius 3 is 2.76 bits per heavy atom. The molecule has 0 bridgehead atoms. The van der Waals surface area contributed by atoms with Gasteiger partial charge in [0, 0.05) is 60.0 Å². The molecule has 25 heavy (non-hydrogen) atoms. The van der Waals surface area contributed by atoms with Gasteiger partial charge in [0.25, 0.3) is 0 Å². The smallest absolute Gasteiger partial charge is 0.230 e. The lowest BCUT2D eigenvalue weighted by Gasteiger charge is -2.30. The van der Waals surface area contributed by atoms with E-state index >= 15 is 0 Å². The van der Waals surface area contributed by atoms with Crippen LogP contribution in [-0.2, 0) is 24.8 Å². The van der Waals surface area contributed by atoms with Crippen molar-refractivity contribution in [1.29, 1.82) is 0 Å². The van der Waals surface area contributed by atoms with Crippen LogP contribution in [0.2, 0.25) is 0 Å². The van der Waals surface area contributed by atoms with Gasteiger partial charge < -0.3 is 9.88 Å². The van der Waals surface area contributed by atoms with Gasteiger partial charge in [-0.3, -0.25) is 9.48 Å². The normalized spacial score (nSPS) is 15.4. The molecular formula is C20H24N4O. The van der Waals surface area contributed by atoms with Crippen molar-refractivity contribution in [2.24, 2.45) is 7.05 Å². The Balaban J connectivity index is 1.63. The van der Waals surface area contributed by atoms with Crippen molar-refractivity contribution in [2.75, 3.05) is 6.54 Å². The standard InChI is InChI=1S/C20H24N4O/c1-12(19-13(2)22-23(4)14(19)3)20(25)24-10-9-18-16(11-24)15-7-5-6-8-17(15)21-18/h5-8,12,21H,9-11H2,1-4H3. The summed E-state index contributed by atoms with van der Waals surface area (Å²) < 4.78 is 1.86. The molecule has 5 nitrogen and oxygen atoms in total. The third-order valence-electron chi connectivity index (χ3n) is 5.56. The fraction of sp³-hybridized carbons (Fsp3) is 0.400. The number of H-pyrrole nitrogens is 1. The Kier molecular flexibility index (Phi) is 3.67. The molecule has 1 unspecified atom stereocenters. The average Bonchev–Trinajstić information content (AvgIpc) is 3.10. The van der Waals surface area contributed by atoms with Gasteiger partial charge in [-0.25, -0.2) is 0 Å². The van der Waals surface area contributed by atoms with Crippen molar-refractivity contribution in [3.63, 3.8) is 0 Å². The van der Waals surface area contributed by atoms with Gasteiger partial charge in [0.2, 0.25) is 5.91 Å². The zero-order chi connectivity index (χ0) is 17.7. The number of nitrogens with one attached hydrogen (secondary N) is 1. The molecule has 0 saturated heterocycles. The molecule has 0 radical (unpaired) electrons. The summed E-state index contributed by atoms with van der Waals surface area (Å²) in [5.74, 6) is 0.0237. The molecule has 1 aliphatic heterocycles.